The van der Waals surface area contributed by atoms with Crippen molar-refractivity contribution >= 4 is 94.6 Å². The molecule has 0 aliphatic carbocycles. The molecule has 0 aliphatic heterocycles. The summed E-state index contributed by atoms with van der Waals surface area (Å²) in [6.45, 7) is 4.57. The minimum Gasteiger partial charge on any atom is -0.494 e. The number of ether oxygens (including phenoxy) is 1. The smallest absolute Gasteiger partial charge is 0.305 e. The topological polar surface area (TPSA) is 716 Å². The molecule has 2 heterocycles. The Morgan fingerprint density at radius 1 is 0.605 bits per heavy atom. The van der Waals surface area contributed by atoms with Gasteiger partial charge < -0.3 is 116 Å². The maximum absolute atomic E-state index is 15.6. The third-order valence-corrected chi connectivity index (χ3v) is 20.0. The first-order valence-electron chi connectivity index (χ1n) is 41.0. The average Bonchev–Trinajstić information content (AvgIpc) is 0.967. The molecule has 46 nitrogen and oxygen atoms in total. The van der Waals surface area contributed by atoms with E-state index in [1.807, 2.05) is 19.1 Å². The summed E-state index contributed by atoms with van der Waals surface area (Å²) in [6.07, 6.45) is -0.872. The first kappa shape index (κ1) is 103. The number of nitrogens with two attached hydrogens (primary N) is 2. The maximum atomic E-state index is 15.6. The zero-order valence-electron chi connectivity index (χ0n) is 71.8. The molecule has 696 valence electrons. The number of primary amides is 1. The highest BCUT2D eigenvalue weighted by Crippen LogP contribution is 2.30. The Morgan fingerprint density at radius 2 is 1.20 bits per heavy atom. The number of carboxylic acids is 1. The van der Waals surface area contributed by atoms with Gasteiger partial charge in [0, 0.05) is 62.1 Å². The van der Waals surface area contributed by atoms with Crippen molar-refractivity contribution in [1.29, 1.82) is 0 Å². The van der Waals surface area contributed by atoms with Crippen LogP contribution in [-0.2, 0) is 122 Å². The van der Waals surface area contributed by atoms with Gasteiger partial charge in [0.1, 0.15) is 64.8 Å². The molecule has 6 rings (SSSR count). The van der Waals surface area contributed by atoms with Gasteiger partial charge in [-0.25, -0.2) is 9.37 Å². The summed E-state index contributed by atoms with van der Waals surface area (Å²) < 4.78 is 21.5. The van der Waals surface area contributed by atoms with Crippen LogP contribution in [0.4, 0.5) is 4.39 Å². The number of imidazole rings is 1. The fraction of sp³-hybridized carbons (Fsp3) is 0.463. The van der Waals surface area contributed by atoms with Crippen molar-refractivity contribution in [3.05, 3.63) is 159 Å². The van der Waals surface area contributed by atoms with Crippen molar-refractivity contribution in [3.63, 3.8) is 0 Å². The van der Waals surface area contributed by atoms with E-state index in [1.54, 1.807) is 60.8 Å². The second-order valence-electron chi connectivity index (χ2n) is 30.6. The number of carboxylic acid groups (broad SMARTS) is 1. The van der Waals surface area contributed by atoms with E-state index in [0.717, 1.165) is 49.1 Å². The zero-order valence-corrected chi connectivity index (χ0v) is 71.8. The number of aromatic nitrogens is 6. The minimum atomic E-state index is -2.44. The number of aliphatic carboxylic acids is 1. The summed E-state index contributed by atoms with van der Waals surface area (Å²) in [6, 6.07) is 11.0. The van der Waals surface area contributed by atoms with Gasteiger partial charge in [-0.15, -0.1) is 10.2 Å². The third kappa shape index (κ3) is 34.4. The molecular weight excluding hydrogens is 1690 g/mol. The summed E-state index contributed by atoms with van der Waals surface area (Å²) in [5, 5.41) is 92.9. The lowest BCUT2D eigenvalue weighted by atomic mass is 9.90. The van der Waals surface area contributed by atoms with Crippen LogP contribution in [0.5, 0.6) is 5.75 Å². The average molecular weight is 1800 g/mol. The first-order chi connectivity index (χ1) is 61.4. The molecule has 15 amide bonds. The SMILES string of the molecule is CCc1cc(OCCCCN=[N+]=[N-])ccc1-c1ccc(C[C@H](NC(=O)[C@H](CC(=O)O)NC(=O)[C@H](CO)NC(=O)[C@@H](NC(=O)[C@@](C)(Cc2ccccc2F)NC(=O)[C@@H](NC(=O)CNC(=O)[C@H](Cc2nn[nH]n2)NC(=O)C(C)(C)C(=O)NCCc2cnc[nH]2)[C@@H](C)O)[C@@H](C)O)C(=O)N[C@@H](CCCc2ccc(CNC(=O)CNC(=O)CNC(=O)CNC(=O)CN)cc2)C(N)=O)cc1. The van der Waals surface area contributed by atoms with Crippen LogP contribution in [0, 0.1) is 11.2 Å². The van der Waals surface area contributed by atoms with Crippen molar-refractivity contribution < 1.29 is 106 Å². The number of benzene rings is 4. The normalized spacial score (nSPS) is 13.6. The summed E-state index contributed by atoms with van der Waals surface area (Å²) in [7, 11) is 0. The number of aliphatic hydroxyl groups is 3. The van der Waals surface area contributed by atoms with Crippen LogP contribution < -0.4 is 90.6 Å². The number of halogens is 1. The fourth-order valence-electron chi connectivity index (χ4n) is 12.5. The highest BCUT2D eigenvalue weighted by molar-refractivity contribution is 6.06. The number of nitrogens with zero attached hydrogens (tertiary/aromatic N) is 7. The Labute approximate surface area is 738 Å². The summed E-state index contributed by atoms with van der Waals surface area (Å²) in [5.74, 6) is -17.3. The molecule has 0 bridgehead atoms. The van der Waals surface area contributed by atoms with E-state index in [9.17, 15) is 97.1 Å². The van der Waals surface area contributed by atoms with Crippen molar-refractivity contribution in [2.24, 2.45) is 22.0 Å². The van der Waals surface area contributed by atoms with Crippen LogP contribution in [0.25, 0.3) is 21.6 Å². The number of carbonyl (C=O) groups excluding carboxylic acids is 15. The Hall–Kier alpha value is -14.4. The van der Waals surface area contributed by atoms with E-state index in [-0.39, 0.29) is 50.3 Å². The molecule has 10 atom stereocenters. The fourth-order valence-corrected chi connectivity index (χ4v) is 12.5. The second-order valence-corrected chi connectivity index (χ2v) is 30.6. The Kier molecular flexibility index (Phi) is 41.6. The molecule has 0 saturated carbocycles. The molecule has 24 N–H and O–H groups in total. The van der Waals surface area contributed by atoms with E-state index >= 15 is 4.39 Å². The molecule has 47 heteroatoms. The van der Waals surface area contributed by atoms with Crippen molar-refractivity contribution in [3.8, 4) is 16.9 Å². The predicted octanol–water partition coefficient (Wildman–Crippen LogP) is -4.78. The number of hydrogen-bond donors (Lipinski definition) is 22. The van der Waals surface area contributed by atoms with E-state index in [1.165, 1.54) is 38.4 Å². The van der Waals surface area contributed by atoms with E-state index in [4.69, 9.17) is 21.7 Å². The van der Waals surface area contributed by atoms with Gasteiger partial charge in [0.05, 0.1) is 70.9 Å². The van der Waals surface area contributed by atoms with Crippen LogP contribution in [0.2, 0.25) is 0 Å². The van der Waals surface area contributed by atoms with Crippen LogP contribution in [0.3, 0.4) is 0 Å². The van der Waals surface area contributed by atoms with Gasteiger partial charge in [0.25, 0.3) is 0 Å². The lowest BCUT2D eigenvalue weighted by molar-refractivity contribution is -0.143. The van der Waals surface area contributed by atoms with Crippen molar-refractivity contribution in [1.82, 2.24) is 105 Å². The predicted molar refractivity (Wildman–Crippen MR) is 455 cm³/mol. The van der Waals surface area contributed by atoms with Crippen LogP contribution in [0.15, 0.2) is 109 Å². The highest BCUT2D eigenvalue weighted by atomic mass is 19.1. The minimum absolute atomic E-state index is 0.0504. The van der Waals surface area contributed by atoms with Gasteiger partial charge in [-0.2, -0.15) is 5.21 Å². The molecule has 2 aromatic heterocycles. The number of azide groups is 1. The molecule has 0 spiro atoms. The maximum Gasteiger partial charge on any atom is 0.305 e. The van der Waals surface area contributed by atoms with Gasteiger partial charge >= 0.3 is 5.97 Å². The number of aliphatic hydroxyl groups excluding tert-OH is 3. The lowest BCUT2D eigenvalue weighted by Gasteiger charge is -2.34. The van der Waals surface area contributed by atoms with Crippen LogP contribution in [0.1, 0.15) is 113 Å². The number of aryl methyl sites for hydroxylation is 2. The second kappa shape index (κ2) is 51.9. The number of aromatic amines is 2. The number of amides is 15. The number of H-pyrrole nitrogens is 2. The molecule has 0 unspecified atom stereocenters. The summed E-state index contributed by atoms with van der Waals surface area (Å²) >= 11 is 0. The Balaban J connectivity index is 1.15. The molecule has 0 aliphatic rings. The third-order valence-electron chi connectivity index (χ3n) is 20.0. The zero-order chi connectivity index (χ0) is 94.9. The van der Waals surface area contributed by atoms with Gasteiger partial charge in [-0.05, 0) is 136 Å². The van der Waals surface area contributed by atoms with Gasteiger partial charge in [-0.1, -0.05) is 90.0 Å². The van der Waals surface area contributed by atoms with E-state index < -0.39 is 218 Å². The molecule has 129 heavy (non-hydrogen) atoms. The molecule has 4 aromatic carbocycles. The molecule has 0 fully saturated rings. The Bertz CT molecular complexity index is 4900. The number of carbonyl (C=O) groups is 16. The Morgan fingerprint density at radius 3 is 1.81 bits per heavy atom. The van der Waals surface area contributed by atoms with Crippen molar-refractivity contribution in [2.75, 3.05) is 59.0 Å². The summed E-state index contributed by atoms with van der Waals surface area (Å²) in [4.78, 5) is 225. The standard InChI is InChI=1S/C82H110FN25O21/c1-7-50-32-54(129-30-11-10-28-95-106-86)25-26-55(50)51-23-21-48(22-24-51)31-58(73(121)96-57(71(85)119)16-12-13-47-17-19-49(20-18-47)37-89-64(113)40-91-66(115)41-92-65(114)39-90-63(112)36-84)97-74(122)60(34-68(117)118)98-75(123)61(43-109)99-76(124)69(45(2)110)102-80(128)82(6,35-52-14-8-9-15-56(52)83)103-77(125)70(46(3)111)101-67(116)42-93-72(120)59(33-62-104-107-108-105-62)100-79(127)81(4,5)78(126)88-29-27-53-38-87-44-94-53/h8-9,14-15,17-26,32,38,44-46,57-61,69-70,109-111H,7,10-13,16,27-31,33-37,39-43,84H2,1-6H3,(H2,85,119)(H,87,94)(H,88,126)(H,89,113)(H,90,112)(H,91,115)(H,92,114)(H,93,120)(H,96,121)(H,97,122)(H,98,123)(H,99,124)(H,100,127)(H,101,116)(H,102,128)(H,103,125)(H,117,118)(H,104,105,107,108)/t45-,46-,57+,58+,59+,60+,61+,69+,70+,82-/m1/s1. The summed E-state index contributed by atoms with van der Waals surface area (Å²) in [5.41, 5.74) is 20.1. The van der Waals surface area contributed by atoms with Crippen LogP contribution in [-0.4, -0.2) is 265 Å². The van der Waals surface area contributed by atoms with E-state index in [2.05, 4.69) is 115 Å². The van der Waals surface area contributed by atoms with Crippen molar-refractivity contribution in [2.45, 2.75) is 179 Å². The van der Waals surface area contributed by atoms with Gasteiger partial charge in [0.2, 0.25) is 88.6 Å². The largest absolute Gasteiger partial charge is 0.494 e. The molecule has 6 aromatic rings. The quantitative estimate of drug-likeness (QED) is 0.00560. The van der Waals surface area contributed by atoms with Crippen LogP contribution >= 0.6 is 0 Å². The van der Waals surface area contributed by atoms with Gasteiger partial charge in [-0.3, -0.25) is 76.7 Å². The van der Waals surface area contributed by atoms with Gasteiger partial charge in [0.15, 0.2) is 5.82 Å². The number of rotatable bonds is 55. The number of tetrazole rings is 1. The number of hydrogen-bond acceptors (Lipinski definition) is 26. The first-order valence-corrected chi connectivity index (χ1v) is 41.0. The molecular formula is C82H110FN25O21. The molecule has 0 radical (unpaired) electrons. The van der Waals surface area contributed by atoms with E-state index in [0.29, 0.717) is 67.8 Å². The number of nitrogens with one attached hydrogen (secondary N) is 16. The lowest BCUT2D eigenvalue weighted by Crippen LogP contribution is -2.67. The monoisotopic (exact) mass is 1800 g/mol. The molecule has 0 saturated heterocycles. The number of unbranched alkanes of at least 4 members (excludes halogenated alkanes) is 1. The highest BCUT2D eigenvalue weighted by Gasteiger charge is 2.44.